The van der Waals surface area contributed by atoms with E-state index in [9.17, 15) is 0 Å². The van der Waals surface area contributed by atoms with Gasteiger partial charge in [0.1, 0.15) is 0 Å². The second-order valence-electron chi connectivity index (χ2n) is 3.97. The van der Waals surface area contributed by atoms with E-state index in [1.54, 1.807) is 0 Å². The Bertz CT molecular complexity index is 361. The first-order valence-electron chi connectivity index (χ1n) is 5.38. The highest BCUT2D eigenvalue weighted by Gasteiger charge is 2.19. The van der Waals surface area contributed by atoms with Crippen molar-refractivity contribution < 1.29 is 9.47 Å². The fourth-order valence-corrected chi connectivity index (χ4v) is 2.00. The van der Waals surface area contributed by atoms with E-state index in [-0.39, 0.29) is 6.04 Å². The van der Waals surface area contributed by atoms with Crippen LogP contribution in [0.4, 0.5) is 0 Å². The van der Waals surface area contributed by atoms with Crippen LogP contribution in [0.1, 0.15) is 25.0 Å². The first-order chi connectivity index (χ1) is 7.22. The van der Waals surface area contributed by atoms with Crippen molar-refractivity contribution in [1.29, 1.82) is 0 Å². The summed E-state index contributed by atoms with van der Waals surface area (Å²) in [7, 11) is 0. The van der Waals surface area contributed by atoms with Crippen molar-refractivity contribution in [2.75, 3.05) is 6.79 Å². The fraction of sp³-hybridized carbons (Fsp3) is 0.500. The minimum atomic E-state index is 0.177. The highest BCUT2D eigenvalue weighted by atomic mass is 16.7. The molecule has 1 aromatic rings. The molecule has 1 aliphatic rings. The smallest absolute Gasteiger partial charge is 0.231 e. The van der Waals surface area contributed by atoms with Gasteiger partial charge >= 0.3 is 0 Å². The minimum Gasteiger partial charge on any atom is -0.454 e. The van der Waals surface area contributed by atoms with E-state index >= 15 is 0 Å². The summed E-state index contributed by atoms with van der Waals surface area (Å²) in [6.07, 6.45) is 1.84. The van der Waals surface area contributed by atoms with Crippen LogP contribution in [-0.2, 0) is 12.8 Å². The van der Waals surface area contributed by atoms with Gasteiger partial charge in [0.25, 0.3) is 0 Å². The van der Waals surface area contributed by atoms with E-state index in [0.717, 1.165) is 24.3 Å². The summed E-state index contributed by atoms with van der Waals surface area (Å²) in [5.41, 5.74) is 8.33. The standard InChI is InChI=1S/C12H17NO2/c1-3-10-9(6-8(2)13)4-5-11-12(10)15-7-14-11/h4-5,8H,3,6-7,13H2,1-2H3. The fourth-order valence-electron chi connectivity index (χ4n) is 2.00. The Morgan fingerprint density at radius 2 is 2.20 bits per heavy atom. The number of fused-ring (bicyclic) bond motifs is 1. The Labute approximate surface area is 90.2 Å². The van der Waals surface area contributed by atoms with Crippen molar-refractivity contribution in [2.45, 2.75) is 32.7 Å². The zero-order valence-corrected chi connectivity index (χ0v) is 9.25. The molecule has 0 aromatic heterocycles. The Hall–Kier alpha value is -1.22. The van der Waals surface area contributed by atoms with Crippen LogP contribution in [0.2, 0.25) is 0 Å². The second kappa shape index (κ2) is 4.11. The first kappa shape index (κ1) is 10.3. The molecule has 0 aliphatic carbocycles. The van der Waals surface area contributed by atoms with Crippen molar-refractivity contribution in [3.05, 3.63) is 23.3 Å². The van der Waals surface area contributed by atoms with Crippen LogP contribution in [0.3, 0.4) is 0 Å². The molecular formula is C12H17NO2. The molecular weight excluding hydrogens is 190 g/mol. The van der Waals surface area contributed by atoms with Crippen LogP contribution in [0.5, 0.6) is 11.5 Å². The van der Waals surface area contributed by atoms with Crippen LogP contribution in [0.15, 0.2) is 12.1 Å². The highest BCUT2D eigenvalue weighted by molar-refractivity contribution is 5.52. The van der Waals surface area contributed by atoms with Crippen LogP contribution in [0, 0.1) is 0 Å². The largest absolute Gasteiger partial charge is 0.454 e. The molecule has 0 fully saturated rings. The van der Waals surface area contributed by atoms with Gasteiger partial charge in [-0.05, 0) is 31.4 Å². The average molecular weight is 207 g/mol. The van der Waals surface area contributed by atoms with Crippen LogP contribution >= 0.6 is 0 Å². The molecule has 82 valence electrons. The van der Waals surface area contributed by atoms with Gasteiger partial charge in [-0.3, -0.25) is 0 Å². The molecule has 0 saturated heterocycles. The van der Waals surface area contributed by atoms with E-state index in [4.69, 9.17) is 15.2 Å². The molecule has 1 aliphatic heterocycles. The number of rotatable bonds is 3. The maximum absolute atomic E-state index is 5.82. The van der Waals surface area contributed by atoms with Crippen molar-refractivity contribution in [3.8, 4) is 11.5 Å². The molecule has 3 heteroatoms. The van der Waals surface area contributed by atoms with E-state index < -0.39 is 0 Å². The summed E-state index contributed by atoms with van der Waals surface area (Å²) < 4.78 is 10.8. The monoisotopic (exact) mass is 207 g/mol. The number of benzene rings is 1. The minimum absolute atomic E-state index is 0.177. The third-order valence-electron chi connectivity index (χ3n) is 2.63. The van der Waals surface area contributed by atoms with Gasteiger partial charge in [0.15, 0.2) is 11.5 Å². The van der Waals surface area contributed by atoms with Gasteiger partial charge in [-0.1, -0.05) is 13.0 Å². The van der Waals surface area contributed by atoms with E-state index in [0.29, 0.717) is 6.79 Å². The molecule has 0 spiro atoms. The predicted molar refractivity (Wildman–Crippen MR) is 59.3 cm³/mol. The van der Waals surface area contributed by atoms with Crippen LogP contribution < -0.4 is 15.2 Å². The van der Waals surface area contributed by atoms with Gasteiger partial charge in [-0.2, -0.15) is 0 Å². The SMILES string of the molecule is CCc1c(CC(C)N)ccc2c1OCO2. The van der Waals surface area contributed by atoms with Crippen molar-refractivity contribution >= 4 is 0 Å². The third kappa shape index (κ3) is 1.92. The maximum Gasteiger partial charge on any atom is 0.231 e. The number of hydrogen-bond acceptors (Lipinski definition) is 3. The quantitative estimate of drug-likeness (QED) is 0.823. The second-order valence-corrected chi connectivity index (χ2v) is 3.97. The summed E-state index contributed by atoms with van der Waals surface area (Å²) in [5, 5.41) is 0. The van der Waals surface area contributed by atoms with Crippen LogP contribution in [0.25, 0.3) is 0 Å². The van der Waals surface area contributed by atoms with Gasteiger partial charge in [0.05, 0.1) is 0 Å². The third-order valence-corrected chi connectivity index (χ3v) is 2.63. The topological polar surface area (TPSA) is 44.5 Å². The molecule has 1 aromatic carbocycles. The van der Waals surface area contributed by atoms with Crippen molar-refractivity contribution in [2.24, 2.45) is 5.73 Å². The Kier molecular flexibility index (Phi) is 2.82. The number of ether oxygens (including phenoxy) is 2. The van der Waals surface area contributed by atoms with Gasteiger partial charge in [-0.15, -0.1) is 0 Å². The van der Waals surface area contributed by atoms with Gasteiger partial charge in [0.2, 0.25) is 6.79 Å². The van der Waals surface area contributed by atoms with Crippen molar-refractivity contribution in [1.82, 2.24) is 0 Å². The molecule has 1 unspecified atom stereocenters. The lowest BCUT2D eigenvalue weighted by molar-refractivity contribution is 0.173. The summed E-state index contributed by atoms with van der Waals surface area (Å²) in [5.74, 6) is 1.77. The summed E-state index contributed by atoms with van der Waals surface area (Å²) >= 11 is 0. The first-order valence-corrected chi connectivity index (χ1v) is 5.38. The Morgan fingerprint density at radius 3 is 2.87 bits per heavy atom. The molecule has 1 heterocycles. The number of hydrogen-bond donors (Lipinski definition) is 1. The zero-order chi connectivity index (χ0) is 10.8. The average Bonchev–Trinajstić information content (AvgIpc) is 2.64. The summed E-state index contributed by atoms with van der Waals surface area (Å²) in [6, 6.07) is 4.24. The van der Waals surface area contributed by atoms with Crippen LogP contribution in [-0.4, -0.2) is 12.8 Å². The molecule has 0 radical (unpaired) electrons. The molecule has 2 rings (SSSR count). The van der Waals surface area contributed by atoms with Gasteiger partial charge in [-0.25, -0.2) is 0 Å². The number of nitrogens with two attached hydrogens (primary N) is 1. The summed E-state index contributed by atoms with van der Waals surface area (Å²) in [4.78, 5) is 0. The zero-order valence-electron chi connectivity index (χ0n) is 9.25. The van der Waals surface area contributed by atoms with Gasteiger partial charge < -0.3 is 15.2 Å². The molecule has 0 bridgehead atoms. The summed E-state index contributed by atoms with van der Waals surface area (Å²) in [6.45, 7) is 4.48. The Balaban J connectivity index is 2.39. The molecule has 0 amide bonds. The van der Waals surface area contributed by atoms with E-state index in [1.807, 2.05) is 13.0 Å². The van der Waals surface area contributed by atoms with Gasteiger partial charge in [0, 0.05) is 11.6 Å². The lowest BCUT2D eigenvalue weighted by atomic mass is 9.98. The highest BCUT2D eigenvalue weighted by Crippen LogP contribution is 2.38. The predicted octanol–water partition coefficient (Wildman–Crippen LogP) is 1.87. The van der Waals surface area contributed by atoms with E-state index in [1.165, 1.54) is 11.1 Å². The molecule has 2 N–H and O–H groups in total. The molecule has 15 heavy (non-hydrogen) atoms. The van der Waals surface area contributed by atoms with E-state index in [2.05, 4.69) is 13.0 Å². The lowest BCUT2D eigenvalue weighted by Crippen LogP contribution is -2.18. The maximum atomic E-state index is 5.82. The molecule has 0 saturated carbocycles. The van der Waals surface area contributed by atoms with Crippen molar-refractivity contribution in [3.63, 3.8) is 0 Å². The normalized spacial score (nSPS) is 15.4. The lowest BCUT2D eigenvalue weighted by Gasteiger charge is -2.12. The molecule has 3 nitrogen and oxygen atoms in total. The molecule has 1 atom stereocenters. The Morgan fingerprint density at radius 1 is 1.40 bits per heavy atom.